The number of hydrogen-bond donors (Lipinski definition) is 3. The Morgan fingerprint density at radius 2 is 2.05 bits per heavy atom. The highest BCUT2D eigenvalue weighted by Gasteiger charge is 2.25. The molecule has 3 aromatic heterocycles. The van der Waals surface area contributed by atoms with Crippen LogP contribution in [0.4, 0.5) is 15.9 Å². The molecule has 2 fully saturated rings. The number of methoxy groups -OCH3 is 1. The molecule has 5 heterocycles. The summed E-state index contributed by atoms with van der Waals surface area (Å²) in [6.07, 6.45) is 5.33. The number of halogens is 1. The Hall–Kier alpha value is -4.25. The topological polar surface area (TPSA) is 125 Å². The van der Waals surface area contributed by atoms with Crippen molar-refractivity contribution in [2.45, 2.75) is 31.6 Å². The number of amides is 1. The second kappa shape index (κ2) is 10.5. The minimum atomic E-state index is -0.609. The van der Waals surface area contributed by atoms with Crippen molar-refractivity contribution in [3.8, 4) is 17.0 Å². The summed E-state index contributed by atoms with van der Waals surface area (Å²) in [6, 6.07) is 7.85. The predicted octanol–water partition coefficient (Wildman–Crippen LogP) is 4.33. The second-order valence-electron chi connectivity index (χ2n) is 9.90. The van der Waals surface area contributed by atoms with Crippen LogP contribution in [0.1, 0.15) is 47.7 Å². The Bertz CT molecular complexity index is 1590. The van der Waals surface area contributed by atoms with Gasteiger partial charge >= 0.3 is 0 Å². The summed E-state index contributed by atoms with van der Waals surface area (Å²) in [5, 5.41) is 10.9. The number of fused-ring (bicyclic) bond motifs is 1. The quantitative estimate of drug-likeness (QED) is 0.337. The molecule has 4 aromatic rings. The molecule has 1 aromatic carbocycles. The van der Waals surface area contributed by atoms with Crippen LogP contribution in [0.2, 0.25) is 0 Å². The number of rotatable bonds is 6. The van der Waals surface area contributed by atoms with Gasteiger partial charge in [-0.3, -0.25) is 14.7 Å². The van der Waals surface area contributed by atoms with E-state index in [2.05, 4.69) is 25.5 Å². The fraction of sp³-hybridized carbons (Fsp3) is 0.357. The highest BCUT2D eigenvalue weighted by molar-refractivity contribution is 5.98. The minimum absolute atomic E-state index is 0.151. The van der Waals surface area contributed by atoms with Gasteiger partial charge in [-0.05, 0) is 49.9 Å². The first kappa shape index (κ1) is 25.1. The van der Waals surface area contributed by atoms with Crippen molar-refractivity contribution in [2.75, 3.05) is 38.7 Å². The third-order valence-electron chi connectivity index (χ3n) is 7.40. The fourth-order valence-corrected chi connectivity index (χ4v) is 5.31. The average molecular weight is 533 g/mol. The number of H-pyrrole nitrogens is 2. The van der Waals surface area contributed by atoms with Gasteiger partial charge in [-0.1, -0.05) is 0 Å². The van der Waals surface area contributed by atoms with Crippen LogP contribution in [-0.2, 0) is 4.74 Å². The number of carbonyl (C=O) groups excluding carboxylic acids is 1. The second-order valence-corrected chi connectivity index (χ2v) is 9.90. The first-order valence-electron chi connectivity index (χ1n) is 13.1. The van der Waals surface area contributed by atoms with Crippen LogP contribution >= 0.6 is 0 Å². The molecule has 0 aliphatic carbocycles. The van der Waals surface area contributed by atoms with Crippen molar-refractivity contribution in [3.63, 3.8) is 0 Å². The van der Waals surface area contributed by atoms with Crippen LogP contribution in [-0.4, -0.2) is 64.4 Å². The Morgan fingerprint density at radius 1 is 1.21 bits per heavy atom. The van der Waals surface area contributed by atoms with E-state index in [0.29, 0.717) is 48.7 Å². The Kier molecular flexibility index (Phi) is 6.74. The maximum absolute atomic E-state index is 15.6. The molecule has 10 nitrogen and oxygen atoms in total. The Labute approximate surface area is 223 Å². The van der Waals surface area contributed by atoms with Crippen molar-refractivity contribution in [1.82, 2.24) is 25.1 Å². The van der Waals surface area contributed by atoms with Crippen LogP contribution < -0.4 is 15.6 Å². The number of anilines is 2. The van der Waals surface area contributed by atoms with Gasteiger partial charge in [-0.15, -0.1) is 0 Å². The van der Waals surface area contributed by atoms with Crippen LogP contribution in [0.3, 0.4) is 0 Å². The zero-order valence-electron chi connectivity index (χ0n) is 21.6. The summed E-state index contributed by atoms with van der Waals surface area (Å²) in [6.45, 7) is 2.62. The highest BCUT2D eigenvalue weighted by Crippen LogP contribution is 2.34. The number of aromatic amines is 2. The van der Waals surface area contributed by atoms with E-state index in [-0.39, 0.29) is 40.0 Å². The standard InChI is InChI=1S/C28H29FN6O4/c1-38-24-12-17(19(29)11-18(24)28(37)35-8-3-2-4-9-35)22-13-23(26-20(31-22)5-7-30-27(26)36)32-25-14-21(33-34-25)16-6-10-39-15-16/h5,7,11-14,16H,2-4,6,8-10,15H2,1H3,(H,30,36)(H2,31,32,33,34). The van der Waals surface area contributed by atoms with Gasteiger partial charge in [0.1, 0.15) is 11.6 Å². The number of benzene rings is 1. The van der Waals surface area contributed by atoms with E-state index in [0.717, 1.165) is 31.4 Å². The third kappa shape index (κ3) is 4.85. The van der Waals surface area contributed by atoms with E-state index in [1.165, 1.54) is 25.4 Å². The van der Waals surface area contributed by atoms with Gasteiger partial charge in [0.2, 0.25) is 0 Å². The van der Waals surface area contributed by atoms with Crippen LogP contribution in [0, 0.1) is 5.82 Å². The van der Waals surface area contributed by atoms with Crippen LogP contribution in [0.25, 0.3) is 22.2 Å². The lowest BCUT2D eigenvalue weighted by atomic mass is 10.0. The van der Waals surface area contributed by atoms with Crippen molar-refractivity contribution in [3.05, 3.63) is 64.0 Å². The van der Waals surface area contributed by atoms with Gasteiger partial charge in [0, 0.05) is 49.1 Å². The number of hydrogen-bond acceptors (Lipinski definition) is 7. The van der Waals surface area contributed by atoms with Crippen molar-refractivity contribution < 1.29 is 18.7 Å². The number of nitrogens with zero attached hydrogens (tertiary/aromatic N) is 3. The lowest BCUT2D eigenvalue weighted by Gasteiger charge is -2.27. The smallest absolute Gasteiger partial charge is 0.259 e. The van der Waals surface area contributed by atoms with E-state index >= 15 is 4.39 Å². The zero-order valence-corrected chi connectivity index (χ0v) is 21.6. The average Bonchev–Trinajstić information content (AvgIpc) is 3.65. The molecule has 6 rings (SSSR count). The van der Waals surface area contributed by atoms with E-state index in [4.69, 9.17) is 9.47 Å². The molecule has 202 valence electrons. The summed E-state index contributed by atoms with van der Waals surface area (Å²) in [4.78, 5) is 34.9. The Morgan fingerprint density at radius 3 is 2.82 bits per heavy atom. The zero-order chi connectivity index (χ0) is 26.9. The lowest BCUT2D eigenvalue weighted by Crippen LogP contribution is -2.35. The fourth-order valence-electron chi connectivity index (χ4n) is 5.31. The van der Waals surface area contributed by atoms with E-state index in [9.17, 15) is 9.59 Å². The molecule has 0 spiro atoms. The molecular formula is C28H29FN6O4. The maximum Gasteiger partial charge on any atom is 0.259 e. The van der Waals surface area contributed by atoms with Gasteiger partial charge < -0.3 is 24.7 Å². The summed E-state index contributed by atoms with van der Waals surface area (Å²) in [5.74, 6) is 0.148. The SMILES string of the molecule is COc1cc(-c2cc(Nc3cc(C4CCOC4)[nH]n3)c3c(=O)[nH]ccc3n2)c(F)cc1C(=O)N1CCCCC1. The number of piperidine rings is 1. The van der Waals surface area contributed by atoms with Gasteiger partial charge in [0.05, 0.1) is 41.6 Å². The van der Waals surface area contributed by atoms with Gasteiger partial charge in [0.25, 0.3) is 11.5 Å². The normalized spacial score (nSPS) is 17.5. The van der Waals surface area contributed by atoms with Gasteiger partial charge in [0.15, 0.2) is 5.82 Å². The molecule has 0 radical (unpaired) electrons. The number of pyridine rings is 2. The van der Waals surface area contributed by atoms with Crippen molar-refractivity contribution in [2.24, 2.45) is 0 Å². The number of nitrogens with one attached hydrogen (secondary N) is 3. The van der Waals surface area contributed by atoms with Crippen LogP contribution in [0.15, 0.2) is 41.3 Å². The lowest BCUT2D eigenvalue weighted by molar-refractivity contribution is 0.0720. The maximum atomic E-state index is 15.6. The molecule has 11 heteroatoms. The van der Waals surface area contributed by atoms with E-state index in [1.807, 2.05) is 6.07 Å². The first-order chi connectivity index (χ1) is 19.0. The molecule has 1 amide bonds. The molecule has 0 bridgehead atoms. The summed E-state index contributed by atoms with van der Waals surface area (Å²) >= 11 is 0. The van der Waals surface area contributed by atoms with Crippen molar-refractivity contribution >= 4 is 28.3 Å². The summed E-state index contributed by atoms with van der Waals surface area (Å²) < 4.78 is 26.6. The molecule has 0 saturated carbocycles. The van der Waals surface area contributed by atoms with Crippen LogP contribution in [0.5, 0.6) is 5.75 Å². The first-order valence-corrected chi connectivity index (χ1v) is 13.1. The van der Waals surface area contributed by atoms with Gasteiger partial charge in [-0.25, -0.2) is 9.37 Å². The molecule has 1 atom stereocenters. The molecule has 2 aliphatic rings. The number of aromatic nitrogens is 4. The van der Waals surface area contributed by atoms with E-state index in [1.54, 1.807) is 17.0 Å². The highest BCUT2D eigenvalue weighted by atomic mass is 19.1. The molecule has 2 saturated heterocycles. The largest absolute Gasteiger partial charge is 0.496 e. The number of carbonyl (C=O) groups is 1. The number of ether oxygens (including phenoxy) is 2. The third-order valence-corrected chi connectivity index (χ3v) is 7.40. The minimum Gasteiger partial charge on any atom is -0.496 e. The number of likely N-dealkylation sites (tertiary alicyclic amines) is 1. The summed E-state index contributed by atoms with van der Waals surface area (Å²) in [5.41, 5.74) is 2.01. The Balaban J connectivity index is 1.40. The predicted molar refractivity (Wildman–Crippen MR) is 144 cm³/mol. The molecule has 3 N–H and O–H groups in total. The van der Waals surface area contributed by atoms with E-state index < -0.39 is 5.82 Å². The van der Waals surface area contributed by atoms with Gasteiger partial charge in [-0.2, -0.15) is 5.10 Å². The molecule has 1 unspecified atom stereocenters. The molecule has 2 aliphatic heterocycles. The van der Waals surface area contributed by atoms with Crippen molar-refractivity contribution in [1.29, 1.82) is 0 Å². The monoisotopic (exact) mass is 532 g/mol. The molecule has 39 heavy (non-hydrogen) atoms. The molecular weight excluding hydrogens is 503 g/mol. The summed E-state index contributed by atoms with van der Waals surface area (Å²) in [7, 11) is 1.45.